The van der Waals surface area contributed by atoms with E-state index < -0.39 is 0 Å². The highest BCUT2D eigenvalue weighted by Gasteiger charge is 2.29. The van der Waals surface area contributed by atoms with Crippen molar-refractivity contribution >= 4 is 23.2 Å². The maximum Gasteiger partial charge on any atom is 0.156 e. The van der Waals surface area contributed by atoms with Gasteiger partial charge < -0.3 is 10.5 Å². The summed E-state index contributed by atoms with van der Waals surface area (Å²) in [5.74, 6) is 0.579. The van der Waals surface area contributed by atoms with E-state index in [9.17, 15) is 0 Å². The second-order valence-corrected chi connectivity index (χ2v) is 6.96. The number of likely N-dealkylation sites (tertiary alicyclic amines) is 1. The lowest BCUT2D eigenvalue weighted by molar-refractivity contribution is 0.103. The topological polar surface area (TPSA) is 38.5 Å². The van der Waals surface area contributed by atoms with E-state index in [4.69, 9.17) is 33.7 Å². The van der Waals surface area contributed by atoms with Gasteiger partial charge in [-0.2, -0.15) is 0 Å². The van der Waals surface area contributed by atoms with Crippen LogP contribution >= 0.6 is 23.2 Å². The third-order valence-electron chi connectivity index (χ3n) is 4.11. The zero-order valence-electron chi connectivity index (χ0n) is 12.8. The van der Waals surface area contributed by atoms with Crippen molar-refractivity contribution in [1.29, 1.82) is 0 Å². The lowest BCUT2D eigenvalue weighted by Crippen LogP contribution is -2.45. The Labute approximate surface area is 137 Å². The molecule has 0 amide bonds. The van der Waals surface area contributed by atoms with E-state index in [0.717, 1.165) is 31.7 Å². The summed E-state index contributed by atoms with van der Waals surface area (Å²) in [5, 5.41) is 1.16. The Morgan fingerprint density at radius 3 is 2.57 bits per heavy atom. The van der Waals surface area contributed by atoms with Crippen LogP contribution in [-0.2, 0) is 6.54 Å². The van der Waals surface area contributed by atoms with Crippen LogP contribution in [0.2, 0.25) is 10.0 Å². The molecule has 1 heterocycles. The monoisotopic (exact) mass is 330 g/mol. The van der Waals surface area contributed by atoms with E-state index in [1.165, 1.54) is 12.8 Å². The van der Waals surface area contributed by atoms with Gasteiger partial charge in [-0.15, -0.1) is 0 Å². The molecule has 21 heavy (non-hydrogen) atoms. The van der Waals surface area contributed by atoms with Crippen LogP contribution in [0.3, 0.4) is 0 Å². The maximum absolute atomic E-state index is 6.27. The predicted molar refractivity (Wildman–Crippen MR) is 89.3 cm³/mol. The van der Waals surface area contributed by atoms with Crippen LogP contribution in [0.5, 0.6) is 5.75 Å². The third kappa shape index (κ3) is 4.26. The van der Waals surface area contributed by atoms with Crippen LogP contribution in [-0.4, -0.2) is 31.1 Å². The van der Waals surface area contributed by atoms with Crippen LogP contribution in [0.1, 0.15) is 32.3 Å². The molecule has 0 unspecified atom stereocenters. The first-order valence-electron chi connectivity index (χ1n) is 7.50. The Bertz CT molecular complexity index is 472. The minimum atomic E-state index is 0.219. The molecule has 0 saturated carbocycles. The van der Waals surface area contributed by atoms with E-state index in [1.54, 1.807) is 0 Å². The summed E-state index contributed by atoms with van der Waals surface area (Å²) in [4.78, 5) is 2.43. The van der Waals surface area contributed by atoms with Gasteiger partial charge >= 0.3 is 0 Å². The van der Waals surface area contributed by atoms with Gasteiger partial charge in [0.2, 0.25) is 0 Å². The van der Waals surface area contributed by atoms with Gasteiger partial charge in [0.15, 0.2) is 5.75 Å². The molecule has 1 aromatic carbocycles. The summed E-state index contributed by atoms with van der Waals surface area (Å²) in [6.45, 7) is 8.43. The molecule has 0 aliphatic carbocycles. The van der Waals surface area contributed by atoms with Crippen molar-refractivity contribution in [2.75, 3.05) is 26.2 Å². The Morgan fingerprint density at radius 1 is 1.33 bits per heavy atom. The van der Waals surface area contributed by atoms with Crippen LogP contribution < -0.4 is 10.5 Å². The summed E-state index contributed by atoms with van der Waals surface area (Å²) in [6, 6.07) is 3.90. The largest absolute Gasteiger partial charge is 0.491 e. The fraction of sp³-hybridized carbons (Fsp3) is 0.625. The van der Waals surface area contributed by atoms with Crippen LogP contribution in [0.25, 0.3) is 0 Å². The molecular formula is C16H24Cl2N2O. The highest BCUT2D eigenvalue weighted by molar-refractivity contribution is 6.37. The number of hydrogen-bond donors (Lipinski definition) is 1. The molecular weight excluding hydrogens is 307 g/mol. The first-order chi connectivity index (χ1) is 9.97. The summed E-state index contributed by atoms with van der Waals surface area (Å²) in [6.07, 6.45) is 2.39. The van der Waals surface area contributed by atoms with Crippen molar-refractivity contribution in [3.63, 3.8) is 0 Å². The van der Waals surface area contributed by atoms with Gasteiger partial charge in [0.05, 0.1) is 16.7 Å². The van der Waals surface area contributed by atoms with Crippen molar-refractivity contribution in [2.24, 2.45) is 11.1 Å². The summed E-state index contributed by atoms with van der Waals surface area (Å²) < 4.78 is 5.47. The Hall–Kier alpha value is -0.480. The molecule has 0 aromatic heterocycles. The van der Waals surface area contributed by atoms with Gasteiger partial charge in [0, 0.05) is 13.1 Å². The van der Waals surface area contributed by atoms with E-state index in [2.05, 4.69) is 11.8 Å². The van der Waals surface area contributed by atoms with Crippen molar-refractivity contribution in [2.45, 2.75) is 33.2 Å². The standard InChI is InChI=1S/C16H24Cl2N2O/c1-3-21-15-13(17)7-12(8-14(15)18)9-20-6-4-5-16(2,10-19)11-20/h7-8H,3-6,9-11,19H2,1-2H3/t16-/m0/s1. The average Bonchev–Trinajstić information content (AvgIpc) is 2.43. The molecule has 2 N–H and O–H groups in total. The lowest BCUT2D eigenvalue weighted by Gasteiger charge is -2.39. The molecule has 0 spiro atoms. The van der Waals surface area contributed by atoms with Crippen molar-refractivity contribution in [3.05, 3.63) is 27.7 Å². The molecule has 5 heteroatoms. The Balaban J connectivity index is 2.09. The highest BCUT2D eigenvalue weighted by Crippen LogP contribution is 2.35. The fourth-order valence-electron chi connectivity index (χ4n) is 2.97. The van der Waals surface area contributed by atoms with E-state index in [-0.39, 0.29) is 5.41 Å². The van der Waals surface area contributed by atoms with Gasteiger partial charge in [0.25, 0.3) is 0 Å². The SMILES string of the molecule is CCOc1c(Cl)cc(CN2CCC[C@@](C)(CN)C2)cc1Cl. The zero-order valence-corrected chi connectivity index (χ0v) is 14.3. The molecule has 1 aromatic rings. The van der Waals surface area contributed by atoms with Crippen LogP contribution in [0.4, 0.5) is 0 Å². The maximum atomic E-state index is 6.27. The quantitative estimate of drug-likeness (QED) is 0.888. The van der Waals surface area contributed by atoms with Gasteiger partial charge in [-0.1, -0.05) is 30.1 Å². The normalized spacial score (nSPS) is 23.3. The van der Waals surface area contributed by atoms with E-state index >= 15 is 0 Å². The van der Waals surface area contributed by atoms with Crippen molar-refractivity contribution in [3.8, 4) is 5.75 Å². The molecule has 1 atom stereocenters. The molecule has 1 saturated heterocycles. The molecule has 118 valence electrons. The second-order valence-electron chi connectivity index (χ2n) is 6.15. The van der Waals surface area contributed by atoms with Gasteiger partial charge in [0.1, 0.15) is 0 Å². The van der Waals surface area contributed by atoms with Crippen LogP contribution in [0.15, 0.2) is 12.1 Å². The number of benzene rings is 1. The molecule has 1 aliphatic heterocycles. The lowest BCUT2D eigenvalue weighted by atomic mass is 9.82. The molecule has 3 nitrogen and oxygen atoms in total. The van der Waals surface area contributed by atoms with Crippen molar-refractivity contribution in [1.82, 2.24) is 4.90 Å². The number of nitrogens with two attached hydrogens (primary N) is 1. The van der Waals surface area contributed by atoms with E-state index in [0.29, 0.717) is 22.4 Å². The first kappa shape index (κ1) is 16.9. The van der Waals surface area contributed by atoms with Crippen molar-refractivity contribution < 1.29 is 4.74 Å². The summed E-state index contributed by atoms with van der Waals surface area (Å²) >= 11 is 12.5. The van der Waals surface area contributed by atoms with E-state index in [1.807, 2.05) is 19.1 Å². The molecule has 1 fully saturated rings. The number of nitrogens with zero attached hydrogens (tertiary/aromatic N) is 1. The highest BCUT2D eigenvalue weighted by atomic mass is 35.5. The first-order valence-corrected chi connectivity index (χ1v) is 8.26. The fourth-order valence-corrected chi connectivity index (χ4v) is 3.61. The predicted octanol–water partition coefficient (Wildman–Crippen LogP) is 3.95. The summed E-state index contributed by atoms with van der Waals surface area (Å²) in [7, 11) is 0. The zero-order chi connectivity index (χ0) is 15.5. The average molecular weight is 331 g/mol. The third-order valence-corrected chi connectivity index (χ3v) is 4.67. The van der Waals surface area contributed by atoms with Gasteiger partial charge in [-0.3, -0.25) is 4.90 Å². The molecule has 0 radical (unpaired) electrons. The van der Waals surface area contributed by atoms with Gasteiger partial charge in [-0.25, -0.2) is 0 Å². The number of rotatable bonds is 5. The Morgan fingerprint density at radius 2 is 2.00 bits per heavy atom. The van der Waals surface area contributed by atoms with Crippen LogP contribution in [0, 0.1) is 5.41 Å². The number of piperidine rings is 1. The summed E-state index contributed by atoms with van der Waals surface area (Å²) in [5.41, 5.74) is 7.25. The minimum absolute atomic E-state index is 0.219. The smallest absolute Gasteiger partial charge is 0.156 e. The second kappa shape index (κ2) is 7.19. The Kier molecular flexibility index (Phi) is 5.78. The molecule has 0 bridgehead atoms. The molecule has 2 rings (SSSR count). The number of ether oxygens (including phenoxy) is 1. The minimum Gasteiger partial charge on any atom is -0.491 e. The number of halogens is 2. The van der Waals surface area contributed by atoms with Gasteiger partial charge in [-0.05, 0) is 56.0 Å². The molecule has 1 aliphatic rings. The number of hydrogen-bond acceptors (Lipinski definition) is 3.